The van der Waals surface area contributed by atoms with Gasteiger partial charge in [0.05, 0.1) is 11.3 Å². The van der Waals surface area contributed by atoms with Gasteiger partial charge in [-0.25, -0.2) is 9.18 Å². The maximum absolute atomic E-state index is 13.9. The molecule has 0 unspecified atom stereocenters. The number of fused-ring (bicyclic) bond motifs is 1. The molecule has 0 fully saturated rings. The predicted octanol–water partition coefficient (Wildman–Crippen LogP) is 3.66. The Balaban J connectivity index is 1.40. The minimum absolute atomic E-state index is 0.0844. The number of aliphatic carboxylic acids is 1. The van der Waals surface area contributed by atoms with E-state index in [2.05, 4.69) is 29.4 Å². The van der Waals surface area contributed by atoms with Gasteiger partial charge in [-0.05, 0) is 69.1 Å². The predicted molar refractivity (Wildman–Crippen MR) is 122 cm³/mol. The van der Waals surface area contributed by atoms with Crippen LogP contribution >= 0.6 is 0 Å². The second kappa shape index (κ2) is 11.8. The molecule has 178 valence electrons. The third-order valence-corrected chi connectivity index (χ3v) is 6.00. The molecule has 1 amide bonds. The Morgan fingerprint density at radius 1 is 1.21 bits per heavy atom. The molecule has 2 N–H and O–H groups in total. The number of aryl methyl sites for hydroxylation is 4. The van der Waals surface area contributed by atoms with Gasteiger partial charge in [0.1, 0.15) is 11.9 Å². The average molecular weight is 458 g/mol. The normalized spacial score (nSPS) is 14.9. The number of pyridine rings is 2. The number of carboxylic acids is 1. The van der Waals surface area contributed by atoms with Crippen molar-refractivity contribution in [1.82, 2.24) is 15.3 Å². The Kier molecular flexibility index (Phi) is 8.88. The van der Waals surface area contributed by atoms with Crippen molar-refractivity contribution >= 4 is 11.9 Å². The van der Waals surface area contributed by atoms with Gasteiger partial charge in [-0.2, -0.15) is 0 Å². The number of carbonyl (C=O) groups excluding carboxylic acids is 1. The van der Waals surface area contributed by atoms with Crippen molar-refractivity contribution in [2.24, 2.45) is 5.92 Å². The Morgan fingerprint density at radius 3 is 2.76 bits per heavy atom. The van der Waals surface area contributed by atoms with Crippen molar-refractivity contribution in [1.29, 1.82) is 0 Å². The first-order chi connectivity index (χ1) is 15.8. The quantitative estimate of drug-likeness (QED) is 0.500. The molecule has 0 radical (unpaired) electrons. The van der Waals surface area contributed by atoms with E-state index in [1.54, 1.807) is 0 Å². The molecule has 0 aliphatic heterocycles. The van der Waals surface area contributed by atoms with Gasteiger partial charge < -0.3 is 15.2 Å². The fourth-order valence-electron chi connectivity index (χ4n) is 4.03. The Labute approximate surface area is 193 Å². The van der Waals surface area contributed by atoms with Crippen molar-refractivity contribution in [2.45, 2.75) is 64.8 Å². The SMILES string of the molecule is Cc1nccc(F)c1C(=O)N[C@H](CCOC[C@@H](C)CCc1ccc2c(n1)CCCC2)C(=O)O. The van der Waals surface area contributed by atoms with E-state index in [9.17, 15) is 19.1 Å². The number of rotatable bonds is 11. The third kappa shape index (κ3) is 7.05. The molecule has 7 nitrogen and oxygen atoms in total. The third-order valence-electron chi connectivity index (χ3n) is 6.00. The summed E-state index contributed by atoms with van der Waals surface area (Å²) in [6.45, 7) is 4.25. The van der Waals surface area contributed by atoms with E-state index >= 15 is 0 Å². The first-order valence-corrected chi connectivity index (χ1v) is 11.6. The zero-order valence-corrected chi connectivity index (χ0v) is 19.3. The molecule has 0 spiro atoms. The summed E-state index contributed by atoms with van der Waals surface area (Å²) < 4.78 is 19.6. The summed E-state index contributed by atoms with van der Waals surface area (Å²) in [5.41, 5.74) is 3.69. The standard InChI is InChI=1S/C25H32FN3O4/c1-16(7-9-19-10-8-18-5-3-4-6-21(18)28-19)15-33-14-12-22(25(31)32)29-24(30)23-17(2)27-13-11-20(23)26/h8,10-11,13,16,22H,3-7,9,12,14-15H2,1-2H3,(H,29,30)(H,31,32)/t16-,22+/m0/s1. The van der Waals surface area contributed by atoms with Crippen LogP contribution in [0.4, 0.5) is 4.39 Å². The van der Waals surface area contributed by atoms with Gasteiger partial charge in [0.15, 0.2) is 0 Å². The lowest BCUT2D eigenvalue weighted by atomic mass is 9.95. The Morgan fingerprint density at radius 2 is 2.00 bits per heavy atom. The van der Waals surface area contributed by atoms with Crippen LogP contribution in [-0.2, 0) is 28.8 Å². The molecule has 1 aliphatic rings. The van der Waals surface area contributed by atoms with Crippen LogP contribution in [0.5, 0.6) is 0 Å². The highest BCUT2D eigenvalue weighted by molar-refractivity contribution is 5.97. The molecule has 0 aromatic carbocycles. The van der Waals surface area contributed by atoms with E-state index in [4.69, 9.17) is 9.72 Å². The van der Waals surface area contributed by atoms with Crippen molar-refractivity contribution in [3.05, 3.63) is 58.4 Å². The molecule has 1 aliphatic carbocycles. The average Bonchev–Trinajstić information content (AvgIpc) is 2.79. The molecular formula is C25H32FN3O4. The minimum Gasteiger partial charge on any atom is -0.480 e. The maximum atomic E-state index is 13.9. The van der Waals surface area contributed by atoms with Gasteiger partial charge in [-0.1, -0.05) is 13.0 Å². The number of carbonyl (C=O) groups is 2. The molecule has 0 bridgehead atoms. The highest BCUT2D eigenvalue weighted by Crippen LogP contribution is 2.20. The monoisotopic (exact) mass is 457 g/mol. The fraction of sp³-hybridized carbons (Fsp3) is 0.520. The summed E-state index contributed by atoms with van der Waals surface area (Å²) in [5.74, 6) is -2.44. The van der Waals surface area contributed by atoms with E-state index in [-0.39, 0.29) is 30.2 Å². The number of nitrogens with zero attached hydrogens (tertiary/aromatic N) is 2. The van der Waals surface area contributed by atoms with E-state index in [1.165, 1.54) is 37.2 Å². The molecular weight excluding hydrogens is 425 g/mol. The van der Waals surface area contributed by atoms with Gasteiger partial charge in [-0.3, -0.25) is 14.8 Å². The van der Waals surface area contributed by atoms with Crippen LogP contribution in [0.25, 0.3) is 0 Å². The van der Waals surface area contributed by atoms with Crippen molar-refractivity contribution in [3.8, 4) is 0 Å². The molecule has 8 heteroatoms. The van der Waals surface area contributed by atoms with Gasteiger partial charge >= 0.3 is 5.97 Å². The van der Waals surface area contributed by atoms with Crippen molar-refractivity contribution in [3.63, 3.8) is 0 Å². The highest BCUT2D eigenvalue weighted by Gasteiger charge is 2.24. The van der Waals surface area contributed by atoms with Crippen molar-refractivity contribution < 1.29 is 23.8 Å². The van der Waals surface area contributed by atoms with E-state index in [0.717, 1.165) is 37.4 Å². The highest BCUT2D eigenvalue weighted by atomic mass is 19.1. The number of nitrogens with one attached hydrogen (secondary N) is 1. The minimum atomic E-state index is -1.19. The summed E-state index contributed by atoms with van der Waals surface area (Å²) in [6, 6.07) is 4.22. The van der Waals surface area contributed by atoms with Crippen LogP contribution in [0.15, 0.2) is 24.4 Å². The lowest BCUT2D eigenvalue weighted by Crippen LogP contribution is -2.42. The second-order valence-electron chi connectivity index (χ2n) is 8.74. The first kappa shape index (κ1) is 24.8. The van der Waals surface area contributed by atoms with Crippen LogP contribution < -0.4 is 5.32 Å². The topological polar surface area (TPSA) is 101 Å². The molecule has 2 atom stereocenters. The number of hydrogen-bond donors (Lipinski definition) is 2. The number of ether oxygens (including phenoxy) is 1. The largest absolute Gasteiger partial charge is 0.480 e. The summed E-state index contributed by atoms with van der Waals surface area (Å²) in [6.07, 6.45) is 7.79. The summed E-state index contributed by atoms with van der Waals surface area (Å²) >= 11 is 0. The number of aromatic nitrogens is 2. The molecule has 2 aromatic rings. The number of hydrogen-bond acceptors (Lipinski definition) is 5. The number of halogens is 1. The van der Waals surface area contributed by atoms with E-state index in [1.807, 2.05) is 0 Å². The van der Waals surface area contributed by atoms with Crippen LogP contribution in [0.1, 0.15) is 65.6 Å². The zero-order chi connectivity index (χ0) is 23.8. The van der Waals surface area contributed by atoms with Gasteiger partial charge in [-0.15, -0.1) is 0 Å². The molecule has 2 aromatic heterocycles. The van der Waals surface area contributed by atoms with Gasteiger partial charge in [0.25, 0.3) is 5.91 Å². The second-order valence-corrected chi connectivity index (χ2v) is 8.74. The lowest BCUT2D eigenvalue weighted by Gasteiger charge is -2.17. The van der Waals surface area contributed by atoms with E-state index in [0.29, 0.717) is 6.61 Å². The molecule has 3 rings (SSSR count). The summed E-state index contributed by atoms with van der Waals surface area (Å²) in [5, 5.41) is 11.8. The zero-order valence-electron chi connectivity index (χ0n) is 19.3. The van der Waals surface area contributed by atoms with E-state index < -0.39 is 23.7 Å². The Hall–Kier alpha value is -2.87. The number of amides is 1. The van der Waals surface area contributed by atoms with Crippen LogP contribution in [0.3, 0.4) is 0 Å². The van der Waals surface area contributed by atoms with Crippen LogP contribution in [0, 0.1) is 18.7 Å². The summed E-state index contributed by atoms with van der Waals surface area (Å²) in [7, 11) is 0. The van der Waals surface area contributed by atoms with Crippen LogP contribution in [0.2, 0.25) is 0 Å². The molecule has 0 saturated carbocycles. The fourth-order valence-corrected chi connectivity index (χ4v) is 4.03. The Bertz CT molecular complexity index is 962. The maximum Gasteiger partial charge on any atom is 0.326 e. The van der Waals surface area contributed by atoms with Crippen LogP contribution in [-0.4, -0.2) is 46.2 Å². The lowest BCUT2D eigenvalue weighted by molar-refractivity contribution is -0.139. The van der Waals surface area contributed by atoms with Crippen molar-refractivity contribution in [2.75, 3.05) is 13.2 Å². The molecule has 2 heterocycles. The molecule has 0 saturated heterocycles. The molecule has 33 heavy (non-hydrogen) atoms. The van der Waals surface area contributed by atoms with Gasteiger partial charge in [0, 0.05) is 37.2 Å². The smallest absolute Gasteiger partial charge is 0.326 e. The first-order valence-electron chi connectivity index (χ1n) is 11.6. The van der Waals surface area contributed by atoms with Gasteiger partial charge in [0.2, 0.25) is 0 Å². The number of carboxylic acid groups (broad SMARTS) is 1. The summed E-state index contributed by atoms with van der Waals surface area (Å²) in [4.78, 5) is 32.6.